The molecule has 1 aliphatic rings. The highest BCUT2D eigenvalue weighted by Crippen LogP contribution is 2.24. The molecule has 6 nitrogen and oxygen atoms in total. The van der Waals surface area contributed by atoms with E-state index in [4.69, 9.17) is 6.11 Å². The minimum absolute atomic E-state index is 0.0129. The van der Waals surface area contributed by atoms with E-state index >= 15 is 0 Å². The summed E-state index contributed by atoms with van der Waals surface area (Å²) in [5.41, 5.74) is -0.875. The predicted molar refractivity (Wildman–Crippen MR) is 88.5 cm³/mol. The molecular formula is C14H22Br2O6. The van der Waals surface area contributed by atoms with Crippen molar-refractivity contribution in [2.45, 2.75) is 33.1 Å². The van der Waals surface area contributed by atoms with Crippen LogP contribution in [-0.2, 0) is 23.8 Å². The molecule has 1 fully saturated rings. The highest BCUT2D eigenvalue weighted by molar-refractivity contribution is 9.09. The quantitative estimate of drug-likeness (QED) is 0.338. The van der Waals surface area contributed by atoms with Crippen LogP contribution in [-0.4, -0.2) is 48.4 Å². The molecule has 128 valence electrons. The number of esters is 1. The van der Waals surface area contributed by atoms with Gasteiger partial charge in [-0.1, -0.05) is 38.8 Å². The van der Waals surface area contributed by atoms with Crippen LogP contribution >= 0.6 is 31.9 Å². The Morgan fingerprint density at radius 2 is 1.95 bits per heavy atom. The Bertz CT molecular complexity index is 393. The number of hydrogen-bond donors (Lipinski definition) is 0. The lowest BCUT2D eigenvalue weighted by Gasteiger charge is -2.29. The zero-order valence-corrected chi connectivity index (χ0v) is 15.9. The van der Waals surface area contributed by atoms with Gasteiger partial charge in [-0.2, -0.15) is 0 Å². The Morgan fingerprint density at radius 1 is 1.36 bits per heavy atom. The van der Waals surface area contributed by atoms with Gasteiger partial charge in [0.1, 0.15) is 24.4 Å². The number of ketones is 1. The summed E-state index contributed by atoms with van der Waals surface area (Å²) in [7, 11) is 0. The van der Waals surface area contributed by atoms with Gasteiger partial charge in [0.15, 0.2) is 0 Å². The second kappa shape index (κ2) is 11.9. The maximum absolute atomic E-state index is 11.6. The van der Waals surface area contributed by atoms with Gasteiger partial charge in [-0.3, -0.25) is 9.59 Å². The first-order chi connectivity index (χ1) is 10.8. The van der Waals surface area contributed by atoms with Crippen LogP contribution in [0.2, 0.25) is 0 Å². The average molecular weight is 448 g/mol. The lowest BCUT2D eigenvalue weighted by Crippen LogP contribution is -2.44. The zero-order chi connectivity index (χ0) is 17.9. The van der Waals surface area contributed by atoms with Crippen LogP contribution in [0.4, 0.5) is 4.79 Å². The first-order valence-corrected chi connectivity index (χ1v) is 8.92. The number of alkyl halides is 2. The Labute approximate surface area is 148 Å². The van der Waals surface area contributed by atoms with Gasteiger partial charge in [0, 0.05) is 13.1 Å². The summed E-state index contributed by atoms with van der Waals surface area (Å²) < 4.78 is 21.2. The lowest BCUT2D eigenvalue weighted by atomic mass is 9.93. The molecule has 0 aromatic carbocycles. The fraction of sp³-hybridized carbons (Fsp3) is 0.786. The number of carbonyl (C=O) groups excluding carboxylic acids is 3. The molecule has 0 aromatic rings. The third-order valence-electron chi connectivity index (χ3n) is 2.64. The Hall–Kier alpha value is -0.630. The highest BCUT2D eigenvalue weighted by Gasteiger charge is 2.41. The van der Waals surface area contributed by atoms with Crippen molar-refractivity contribution < 1.29 is 30.0 Å². The Kier molecular flexibility index (Phi) is 10.5. The molecule has 22 heavy (non-hydrogen) atoms. The molecule has 0 aromatic heterocycles. The summed E-state index contributed by atoms with van der Waals surface area (Å²) in [4.78, 5) is 32.7. The number of cyclic esters (lactones) is 2. The van der Waals surface area contributed by atoms with E-state index in [0.717, 1.165) is 18.2 Å². The second-order valence-corrected chi connectivity index (χ2v) is 6.14. The molecular weight excluding hydrogens is 424 g/mol. The molecule has 0 saturated carbocycles. The van der Waals surface area contributed by atoms with Gasteiger partial charge >= 0.3 is 12.1 Å². The molecule has 0 spiro atoms. The number of rotatable bonds is 7. The van der Waals surface area contributed by atoms with Crippen LogP contribution in [0.3, 0.4) is 0 Å². The van der Waals surface area contributed by atoms with Crippen molar-refractivity contribution in [2.75, 3.05) is 30.5 Å². The van der Waals surface area contributed by atoms with Gasteiger partial charge in [0.05, 0.1) is 11.9 Å². The largest absolute Gasteiger partial charge is 0.508 e. The molecule has 1 unspecified atom stereocenters. The van der Waals surface area contributed by atoms with Gasteiger partial charge in [0.2, 0.25) is 0 Å². The molecule has 1 atom stereocenters. The maximum atomic E-state index is 11.6. The summed E-state index contributed by atoms with van der Waals surface area (Å²) in [6, 6.07) is 0. The fourth-order valence-corrected chi connectivity index (χ4v) is 1.79. The highest BCUT2D eigenvalue weighted by atomic mass is 79.9. The molecule has 0 amide bonds. The van der Waals surface area contributed by atoms with Crippen molar-refractivity contribution in [1.29, 1.82) is 0 Å². The normalized spacial score (nSPS) is 17.8. The maximum Gasteiger partial charge on any atom is 0.508 e. The fourth-order valence-electron chi connectivity index (χ4n) is 1.33. The third kappa shape index (κ3) is 8.73. The summed E-state index contributed by atoms with van der Waals surface area (Å²) in [5, 5.41) is 0.0742. The summed E-state index contributed by atoms with van der Waals surface area (Å²) in [6.07, 6.45) is 1.36. The van der Waals surface area contributed by atoms with Crippen molar-refractivity contribution in [2.24, 2.45) is 5.41 Å². The minimum atomic E-state index is -0.875. The number of halogens is 2. The van der Waals surface area contributed by atoms with Crippen molar-refractivity contribution in [3.63, 3.8) is 0 Å². The smallest absolute Gasteiger partial charge is 0.465 e. The summed E-state index contributed by atoms with van der Waals surface area (Å²) >= 11 is 6.09. The molecule has 1 saturated heterocycles. The minimum Gasteiger partial charge on any atom is -0.465 e. The number of ether oxygens (including phenoxy) is 3. The molecule has 8 heteroatoms. The molecule has 0 aliphatic carbocycles. The van der Waals surface area contributed by atoms with E-state index in [9.17, 15) is 14.4 Å². The number of Topliss-reactive ketones (excluding diaryl/α,β-unsaturated/α-hetero) is 1. The van der Waals surface area contributed by atoms with E-state index in [0.29, 0.717) is 13.0 Å². The second-order valence-electron chi connectivity index (χ2n) is 4.89. The van der Waals surface area contributed by atoms with E-state index in [1.807, 2.05) is 6.92 Å². The van der Waals surface area contributed by atoms with Crippen molar-refractivity contribution in [3.05, 3.63) is 0 Å². The molecule has 1 heterocycles. The summed E-state index contributed by atoms with van der Waals surface area (Å²) in [6.45, 7) is 3.95. The SMILES string of the molecule is CC1(C(=O)OCCCBr)COC(=O)OC1.[3H]C(Br)C(=O)CCC. The molecule has 0 radical (unpaired) electrons. The van der Waals surface area contributed by atoms with Crippen molar-refractivity contribution in [1.82, 2.24) is 0 Å². The summed E-state index contributed by atoms with van der Waals surface area (Å²) in [5.74, 6) is -0.427. The van der Waals surface area contributed by atoms with Gasteiger partial charge < -0.3 is 14.2 Å². The van der Waals surface area contributed by atoms with Gasteiger partial charge in [-0.25, -0.2) is 4.79 Å². The Morgan fingerprint density at radius 3 is 2.36 bits per heavy atom. The van der Waals surface area contributed by atoms with Gasteiger partial charge in [0.25, 0.3) is 0 Å². The topological polar surface area (TPSA) is 78.9 Å². The zero-order valence-electron chi connectivity index (χ0n) is 13.7. The molecule has 0 bridgehead atoms. The van der Waals surface area contributed by atoms with Crippen LogP contribution in [0.25, 0.3) is 0 Å². The monoisotopic (exact) mass is 446 g/mol. The molecule has 1 aliphatic heterocycles. The standard InChI is InChI=1S/C9H13BrO5.C5H9BrO/c1-9(5-14-8(12)15-6-9)7(11)13-4-2-3-10;1-2-3-5(7)4-6/h2-6H2,1H3;2-4H2,1H3/i;4T. The van der Waals surface area contributed by atoms with Crippen LogP contribution in [0.5, 0.6) is 0 Å². The first kappa shape index (κ1) is 19.4. The van der Waals surface area contributed by atoms with Gasteiger partial charge in [-0.05, 0) is 19.8 Å². The third-order valence-corrected chi connectivity index (χ3v) is 3.71. The number of carbonyl (C=O) groups is 3. The lowest BCUT2D eigenvalue weighted by molar-refractivity contribution is -0.166. The van der Waals surface area contributed by atoms with E-state index in [1.54, 1.807) is 6.92 Å². The average Bonchev–Trinajstić information content (AvgIpc) is 2.51. The van der Waals surface area contributed by atoms with E-state index in [1.165, 1.54) is 0 Å². The molecule has 0 N–H and O–H groups in total. The van der Waals surface area contributed by atoms with Gasteiger partial charge in [-0.15, -0.1) is 0 Å². The number of hydrogen-bond acceptors (Lipinski definition) is 6. The first-order valence-electron chi connectivity index (χ1n) is 7.46. The Balaban J connectivity index is 0.000000515. The van der Waals surface area contributed by atoms with E-state index < -0.39 is 22.8 Å². The van der Waals surface area contributed by atoms with Crippen LogP contribution in [0.1, 0.15) is 34.5 Å². The van der Waals surface area contributed by atoms with Crippen LogP contribution in [0.15, 0.2) is 0 Å². The van der Waals surface area contributed by atoms with E-state index in [-0.39, 0.29) is 19.0 Å². The van der Waals surface area contributed by atoms with E-state index in [2.05, 4.69) is 41.3 Å². The van der Waals surface area contributed by atoms with Crippen LogP contribution in [0, 0.1) is 5.41 Å². The van der Waals surface area contributed by atoms with Crippen molar-refractivity contribution >= 4 is 49.8 Å². The van der Waals surface area contributed by atoms with Crippen molar-refractivity contribution in [3.8, 4) is 0 Å². The van der Waals surface area contributed by atoms with Crippen LogP contribution < -0.4 is 0 Å². The molecule has 1 rings (SSSR count). The predicted octanol–water partition coefficient (Wildman–Crippen LogP) is 3.24.